The molecule has 0 heterocycles. The summed E-state index contributed by atoms with van der Waals surface area (Å²) in [6, 6.07) is 7.14. The Morgan fingerprint density at radius 1 is 1.31 bits per heavy atom. The van der Waals surface area contributed by atoms with Gasteiger partial charge in [0.2, 0.25) is 0 Å². The van der Waals surface area contributed by atoms with Crippen LogP contribution < -0.4 is 11.1 Å². The van der Waals surface area contributed by atoms with Gasteiger partial charge in [-0.1, -0.05) is 0 Å². The predicted molar refractivity (Wildman–Crippen MR) is 67.0 cm³/mol. The van der Waals surface area contributed by atoms with Crippen LogP contribution in [0.3, 0.4) is 0 Å². The van der Waals surface area contributed by atoms with Gasteiger partial charge in [0.25, 0.3) is 5.91 Å². The molecule has 0 spiro atoms. The van der Waals surface area contributed by atoms with E-state index in [0.717, 1.165) is 3.57 Å². The van der Waals surface area contributed by atoms with Gasteiger partial charge in [0.05, 0.1) is 6.54 Å². The molecule has 0 aliphatic carbocycles. The molecule has 6 heteroatoms. The summed E-state index contributed by atoms with van der Waals surface area (Å²) >= 11 is 2.16. The number of nitrogens with two attached hydrogens (primary N) is 1. The first-order chi connectivity index (χ1) is 7.59. The van der Waals surface area contributed by atoms with Crippen molar-refractivity contribution in [1.29, 1.82) is 0 Å². The molecule has 0 aliphatic rings. The lowest BCUT2D eigenvalue weighted by Crippen LogP contribution is -2.28. The van der Waals surface area contributed by atoms with Gasteiger partial charge in [-0.05, 0) is 46.9 Å². The molecule has 0 atom stereocenters. The average Bonchev–Trinajstić information content (AvgIpc) is 2.25. The zero-order valence-corrected chi connectivity index (χ0v) is 10.6. The average molecular weight is 334 g/mol. The van der Waals surface area contributed by atoms with E-state index in [1.165, 1.54) is 0 Å². The first-order valence-electron chi connectivity index (χ1n) is 4.55. The van der Waals surface area contributed by atoms with E-state index in [9.17, 15) is 9.59 Å². The van der Waals surface area contributed by atoms with E-state index >= 15 is 0 Å². The highest BCUT2D eigenvalue weighted by atomic mass is 127. The van der Waals surface area contributed by atoms with E-state index in [1.54, 1.807) is 12.1 Å². The second-order valence-electron chi connectivity index (χ2n) is 2.93. The first-order valence-corrected chi connectivity index (χ1v) is 5.63. The molecule has 1 aromatic carbocycles. The third-order valence-electron chi connectivity index (χ3n) is 1.74. The van der Waals surface area contributed by atoms with Gasteiger partial charge in [0.1, 0.15) is 6.61 Å². The fraction of sp³-hybridized carbons (Fsp3) is 0.200. The largest absolute Gasteiger partial charge is 0.448 e. The summed E-state index contributed by atoms with van der Waals surface area (Å²) in [5.41, 5.74) is 5.33. The molecular weight excluding hydrogens is 323 g/mol. The maximum Gasteiger partial charge on any atom is 0.404 e. The van der Waals surface area contributed by atoms with Gasteiger partial charge in [0.15, 0.2) is 0 Å². The van der Waals surface area contributed by atoms with Crippen LogP contribution in [0.2, 0.25) is 0 Å². The zero-order valence-electron chi connectivity index (χ0n) is 8.40. The third kappa shape index (κ3) is 4.47. The van der Waals surface area contributed by atoms with Crippen LogP contribution in [0.4, 0.5) is 4.79 Å². The summed E-state index contributed by atoms with van der Waals surface area (Å²) < 4.78 is 5.53. The minimum absolute atomic E-state index is 0.0748. The van der Waals surface area contributed by atoms with Crippen LogP contribution in [-0.2, 0) is 4.74 Å². The molecule has 1 rings (SSSR count). The van der Waals surface area contributed by atoms with Crippen molar-refractivity contribution in [3.05, 3.63) is 33.4 Å². The van der Waals surface area contributed by atoms with Gasteiger partial charge in [0, 0.05) is 9.13 Å². The molecule has 2 amide bonds. The van der Waals surface area contributed by atoms with Gasteiger partial charge in [-0.2, -0.15) is 0 Å². The van der Waals surface area contributed by atoms with Crippen LogP contribution in [0.25, 0.3) is 0 Å². The van der Waals surface area contributed by atoms with E-state index in [0.29, 0.717) is 5.56 Å². The van der Waals surface area contributed by atoms with Gasteiger partial charge < -0.3 is 15.8 Å². The highest BCUT2D eigenvalue weighted by Crippen LogP contribution is 2.06. The Morgan fingerprint density at radius 2 is 1.94 bits per heavy atom. The number of benzene rings is 1. The van der Waals surface area contributed by atoms with Crippen molar-refractivity contribution in [2.24, 2.45) is 5.73 Å². The Balaban J connectivity index is 2.35. The summed E-state index contributed by atoms with van der Waals surface area (Å²) in [4.78, 5) is 21.8. The summed E-state index contributed by atoms with van der Waals surface area (Å²) in [5, 5.41) is 2.60. The second-order valence-corrected chi connectivity index (χ2v) is 4.18. The summed E-state index contributed by atoms with van der Waals surface area (Å²) in [6.45, 7) is 0.319. The van der Waals surface area contributed by atoms with E-state index in [2.05, 4.69) is 32.6 Å². The molecule has 16 heavy (non-hydrogen) atoms. The fourth-order valence-corrected chi connectivity index (χ4v) is 1.38. The highest BCUT2D eigenvalue weighted by Gasteiger charge is 2.04. The number of halogens is 1. The van der Waals surface area contributed by atoms with Gasteiger partial charge in [-0.15, -0.1) is 0 Å². The minimum Gasteiger partial charge on any atom is -0.448 e. The van der Waals surface area contributed by atoms with Gasteiger partial charge in [-0.3, -0.25) is 4.79 Å². The van der Waals surface area contributed by atoms with E-state index in [1.807, 2.05) is 12.1 Å². The number of ether oxygens (including phenoxy) is 1. The topological polar surface area (TPSA) is 81.4 Å². The van der Waals surface area contributed by atoms with E-state index in [4.69, 9.17) is 5.73 Å². The summed E-state index contributed by atoms with van der Waals surface area (Å²) in [6.07, 6.45) is -0.844. The number of hydrogen-bond donors (Lipinski definition) is 2. The fourth-order valence-electron chi connectivity index (χ4n) is 1.02. The maximum absolute atomic E-state index is 11.5. The molecule has 0 radical (unpaired) electrons. The van der Waals surface area contributed by atoms with Crippen LogP contribution >= 0.6 is 22.6 Å². The smallest absolute Gasteiger partial charge is 0.404 e. The van der Waals surface area contributed by atoms with Crippen LogP contribution in [0, 0.1) is 3.57 Å². The number of hydrogen-bond acceptors (Lipinski definition) is 3. The minimum atomic E-state index is -0.844. The summed E-state index contributed by atoms with van der Waals surface area (Å²) in [7, 11) is 0. The molecule has 3 N–H and O–H groups in total. The van der Waals surface area contributed by atoms with Crippen molar-refractivity contribution in [1.82, 2.24) is 5.32 Å². The SMILES string of the molecule is NC(=O)OCCNC(=O)c1ccc(I)cc1. The molecule has 0 aliphatic heterocycles. The Hall–Kier alpha value is -1.31. The number of rotatable bonds is 4. The predicted octanol–water partition coefficient (Wildman–Crippen LogP) is 1.12. The van der Waals surface area contributed by atoms with E-state index in [-0.39, 0.29) is 19.1 Å². The highest BCUT2D eigenvalue weighted by molar-refractivity contribution is 14.1. The van der Waals surface area contributed by atoms with Crippen LogP contribution in [-0.4, -0.2) is 25.2 Å². The van der Waals surface area contributed by atoms with Crippen LogP contribution in [0.15, 0.2) is 24.3 Å². The number of carbonyl (C=O) groups excluding carboxylic acids is 2. The Kier molecular flexibility index (Phi) is 5.03. The van der Waals surface area contributed by atoms with Crippen molar-refractivity contribution in [2.45, 2.75) is 0 Å². The lowest BCUT2D eigenvalue weighted by Gasteiger charge is -2.05. The van der Waals surface area contributed by atoms with Crippen LogP contribution in [0.1, 0.15) is 10.4 Å². The maximum atomic E-state index is 11.5. The van der Waals surface area contributed by atoms with E-state index < -0.39 is 6.09 Å². The number of amides is 2. The molecule has 5 nitrogen and oxygen atoms in total. The van der Waals surface area contributed by atoms with Crippen molar-refractivity contribution < 1.29 is 14.3 Å². The molecular formula is C10H11IN2O3. The Labute approximate surface area is 106 Å². The number of carbonyl (C=O) groups is 2. The number of primary amides is 1. The van der Waals surface area contributed by atoms with Gasteiger partial charge >= 0.3 is 6.09 Å². The standard InChI is InChI=1S/C10H11IN2O3/c11-8-3-1-7(2-4-8)9(14)13-5-6-16-10(12)15/h1-4H,5-6H2,(H2,12,15)(H,13,14). The Morgan fingerprint density at radius 3 is 2.50 bits per heavy atom. The zero-order chi connectivity index (χ0) is 12.0. The molecule has 0 aromatic heterocycles. The summed E-state index contributed by atoms with van der Waals surface area (Å²) in [5.74, 6) is -0.204. The normalized spacial score (nSPS) is 9.56. The lowest BCUT2D eigenvalue weighted by atomic mass is 10.2. The van der Waals surface area contributed by atoms with Crippen molar-refractivity contribution in [3.63, 3.8) is 0 Å². The third-order valence-corrected chi connectivity index (χ3v) is 2.46. The quantitative estimate of drug-likeness (QED) is 0.639. The molecule has 1 aromatic rings. The molecule has 86 valence electrons. The molecule has 0 saturated heterocycles. The van der Waals surface area contributed by atoms with Crippen LogP contribution in [0.5, 0.6) is 0 Å². The monoisotopic (exact) mass is 334 g/mol. The van der Waals surface area contributed by atoms with Crippen molar-refractivity contribution >= 4 is 34.6 Å². The van der Waals surface area contributed by atoms with Gasteiger partial charge in [-0.25, -0.2) is 4.79 Å². The lowest BCUT2D eigenvalue weighted by molar-refractivity contribution is 0.0937. The first kappa shape index (κ1) is 12.8. The number of nitrogens with one attached hydrogen (secondary N) is 1. The second kappa shape index (κ2) is 6.31. The molecule has 0 fully saturated rings. The van der Waals surface area contributed by atoms with Crippen molar-refractivity contribution in [2.75, 3.05) is 13.2 Å². The molecule has 0 bridgehead atoms. The van der Waals surface area contributed by atoms with Crippen molar-refractivity contribution in [3.8, 4) is 0 Å². The Bertz CT molecular complexity index is 378. The molecule has 0 saturated carbocycles. The molecule has 0 unspecified atom stereocenters.